The third-order valence-electron chi connectivity index (χ3n) is 4.85. The Morgan fingerprint density at radius 1 is 0.875 bits per heavy atom. The van der Waals surface area contributed by atoms with E-state index in [-0.39, 0.29) is 31.3 Å². The second kappa shape index (κ2) is 8.28. The molecule has 160 valence electrons. The standard InChI is InChI=1S/C22H13Cl2N3O4S/c23-16-5-8-18(9-6-16)32(30,31)27-21(28)19-10-7-17(24)11-20(19)26(22(27)29)13-15-3-1-14(12-25)2-4-15/h1-11H,13H2. The van der Waals surface area contributed by atoms with Crippen molar-refractivity contribution >= 4 is 44.1 Å². The van der Waals surface area contributed by atoms with Crippen LogP contribution in [0.4, 0.5) is 0 Å². The Morgan fingerprint density at radius 3 is 2.12 bits per heavy atom. The number of aromatic nitrogens is 2. The number of benzene rings is 3. The molecule has 10 heteroatoms. The molecule has 4 rings (SSSR count). The number of hydrogen-bond donors (Lipinski definition) is 0. The van der Waals surface area contributed by atoms with E-state index in [0.29, 0.717) is 16.1 Å². The molecule has 0 N–H and O–H groups in total. The minimum atomic E-state index is -4.51. The van der Waals surface area contributed by atoms with Crippen molar-refractivity contribution < 1.29 is 8.42 Å². The highest BCUT2D eigenvalue weighted by Gasteiger charge is 2.25. The van der Waals surface area contributed by atoms with E-state index in [1.807, 2.05) is 6.07 Å². The number of hydrogen-bond acceptors (Lipinski definition) is 5. The van der Waals surface area contributed by atoms with Crippen molar-refractivity contribution in [2.45, 2.75) is 11.4 Å². The Morgan fingerprint density at radius 2 is 1.50 bits per heavy atom. The SMILES string of the molecule is N#Cc1ccc(Cn2c(=O)n(S(=O)(=O)c3ccc(Cl)cc3)c(=O)c3ccc(Cl)cc32)cc1. The highest BCUT2D eigenvalue weighted by molar-refractivity contribution is 7.90. The molecule has 0 radical (unpaired) electrons. The van der Waals surface area contributed by atoms with E-state index in [0.717, 1.165) is 4.57 Å². The largest absolute Gasteiger partial charge is 0.346 e. The third-order valence-corrected chi connectivity index (χ3v) is 7.00. The van der Waals surface area contributed by atoms with Gasteiger partial charge in [-0.2, -0.15) is 5.26 Å². The molecule has 0 aliphatic carbocycles. The molecular formula is C22H13Cl2N3O4S. The Labute approximate surface area is 192 Å². The van der Waals surface area contributed by atoms with Crippen LogP contribution >= 0.6 is 23.2 Å². The first kappa shape index (κ1) is 21.8. The van der Waals surface area contributed by atoms with Gasteiger partial charge in [-0.1, -0.05) is 35.3 Å². The molecule has 0 amide bonds. The molecule has 0 aliphatic heterocycles. The molecule has 4 aromatic rings. The number of nitrogens with zero attached hydrogens (tertiary/aromatic N) is 3. The fraction of sp³-hybridized carbons (Fsp3) is 0.0455. The molecule has 0 fully saturated rings. The minimum absolute atomic E-state index is 0.0141. The molecule has 0 unspecified atom stereocenters. The molecule has 7 nitrogen and oxygen atoms in total. The van der Waals surface area contributed by atoms with Crippen molar-refractivity contribution in [1.82, 2.24) is 8.54 Å². The third kappa shape index (κ3) is 3.82. The van der Waals surface area contributed by atoms with Crippen LogP contribution in [-0.2, 0) is 16.6 Å². The van der Waals surface area contributed by atoms with Gasteiger partial charge in [0.2, 0.25) is 0 Å². The zero-order valence-electron chi connectivity index (χ0n) is 16.2. The average molecular weight is 486 g/mol. The summed E-state index contributed by atoms with van der Waals surface area (Å²) in [5.74, 6) is 0. The lowest BCUT2D eigenvalue weighted by Crippen LogP contribution is -2.44. The van der Waals surface area contributed by atoms with Gasteiger partial charge in [0.15, 0.2) is 0 Å². The Balaban J connectivity index is 2.02. The fourth-order valence-electron chi connectivity index (χ4n) is 3.26. The first-order valence-electron chi connectivity index (χ1n) is 9.17. The van der Waals surface area contributed by atoms with Crippen molar-refractivity contribution in [3.8, 4) is 6.07 Å². The van der Waals surface area contributed by atoms with Crippen LogP contribution in [0.5, 0.6) is 0 Å². The molecule has 3 aromatic carbocycles. The van der Waals surface area contributed by atoms with Crippen LogP contribution in [0.25, 0.3) is 10.9 Å². The summed E-state index contributed by atoms with van der Waals surface area (Å²) in [6, 6.07) is 17.9. The summed E-state index contributed by atoms with van der Waals surface area (Å²) in [6.45, 7) is -0.0438. The van der Waals surface area contributed by atoms with Crippen LogP contribution in [0.2, 0.25) is 10.0 Å². The minimum Gasteiger partial charge on any atom is -0.288 e. The second-order valence-electron chi connectivity index (χ2n) is 6.87. The maximum Gasteiger partial charge on any atom is 0.346 e. The maximum absolute atomic E-state index is 13.4. The van der Waals surface area contributed by atoms with Crippen LogP contribution in [0, 0.1) is 11.3 Å². The monoisotopic (exact) mass is 485 g/mol. The fourth-order valence-corrected chi connectivity index (χ4v) is 4.87. The zero-order valence-corrected chi connectivity index (χ0v) is 18.5. The van der Waals surface area contributed by atoms with Crippen LogP contribution in [0.15, 0.2) is 81.2 Å². The van der Waals surface area contributed by atoms with Gasteiger partial charge in [0.1, 0.15) is 0 Å². The van der Waals surface area contributed by atoms with Gasteiger partial charge in [-0.15, -0.1) is 3.97 Å². The Kier molecular flexibility index (Phi) is 5.65. The molecule has 1 aromatic heterocycles. The van der Waals surface area contributed by atoms with Crippen LogP contribution in [0.1, 0.15) is 11.1 Å². The molecule has 0 saturated heterocycles. The Hall–Kier alpha value is -3.38. The zero-order chi connectivity index (χ0) is 23.0. The highest BCUT2D eigenvalue weighted by atomic mass is 35.5. The van der Waals surface area contributed by atoms with Crippen molar-refractivity contribution in [1.29, 1.82) is 5.26 Å². The Bertz CT molecular complexity index is 1620. The van der Waals surface area contributed by atoms with Gasteiger partial charge in [-0.3, -0.25) is 9.36 Å². The van der Waals surface area contributed by atoms with Gasteiger partial charge < -0.3 is 0 Å². The van der Waals surface area contributed by atoms with Gasteiger partial charge in [0, 0.05) is 10.0 Å². The predicted octanol–water partition coefficient (Wildman–Crippen LogP) is 3.63. The molecule has 0 atom stereocenters. The van der Waals surface area contributed by atoms with E-state index in [9.17, 15) is 18.0 Å². The number of rotatable bonds is 4. The van der Waals surface area contributed by atoms with Gasteiger partial charge in [-0.05, 0) is 60.2 Å². The van der Waals surface area contributed by atoms with E-state index < -0.39 is 21.3 Å². The summed E-state index contributed by atoms with van der Waals surface area (Å²) in [4.78, 5) is 26.2. The number of fused-ring (bicyclic) bond motifs is 1. The second-order valence-corrected chi connectivity index (χ2v) is 9.53. The summed E-state index contributed by atoms with van der Waals surface area (Å²) in [6.07, 6.45) is 0. The van der Waals surface area contributed by atoms with Crippen molar-refractivity contribution in [2.75, 3.05) is 0 Å². The van der Waals surface area contributed by atoms with E-state index in [2.05, 4.69) is 0 Å². The predicted molar refractivity (Wildman–Crippen MR) is 122 cm³/mol. The van der Waals surface area contributed by atoms with E-state index >= 15 is 0 Å². The topological polar surface area (TPSA) is 102 Å². The average Bonchev–Trinajstić information content (AvgIpc) is 2.77. The quantitative estimate of drug-likeness (QED) is 0.439. The van der Waals surface area contributed by atoms with Gasteiger partial charge in [-0.25, -0.2) is 13.2 Å². The maximum atomic E-state index is 13.4. The van der Waals surface area contributed by atoms with Crippen molar-refractivity contribution in [3.05, 3.63) is 109 Å². The summed E-state index contributed by atoms with van der Waals surface area (Å²) < 4.78 is 27.9. The number of nitriles is 1. The molecule has 0 aliphatic rings. The van der Waals surface area contributed by atoms with E-state index in [1.165, 1.54) is 42.5 Å². The van der Waals surface area contributed by atoms with Gasteiger partial charge >= 0.3 is 5.69 Å². The van der Waals surface area contributed by atoms with Gasteiger partial charge in [0.05, 0.1) is 34.0 Å². The molecule has 0 saturated carbocycles. The summed E-state index contributed by atoms with van der Waals surface area (Å²) >= 11 is 11.9. The van der Waals surface area contributed by atoms with Crippen LogP contribution < -0.4 is 11.2 Å². The lowest BCUT2D eigenvalue weighted by Gasteiger charge is -2.15. The smallest absolute Gasteiger partial charge is 0.288 e. The summed E-state index contributed by atoms with van der Waals surface area (Å²) in [7, 11) is -4.51. The molecule has 1 heterocycles. The van der Waals surface area contributed by atoms with Gasteiger partial charge in [0.25, 0.3) is 15.6 Å². The summed E-state index contributed by atoms with van der Waals surface area (Å²) in [5, 5.41) is 9.59. The molecular weight excluding hydrogens is 473 g/mol. The van der Waals surface area contributed by atoms with Crippen molar-refractivity contribution in [2.24, 2.45) is 0 Å². The molecule has 0 bridgehead atoms. The molecule has 32 heavy (non-hydrogen) atoms. The normalized spacial score (nSPS) is 11.4. The van der Waals surface area contributed by atoms with Crippen molar-refractivity contribution in [3.63, 3.8) is 0 Å². The lowest BCUT2D eigenvalue weighted by atomic mass is 10.1. The number of halogens is 2. The lowest BCUT2D eigenvalue weighted by molar-refractivity contribution is 0.577. The summed E-state index contributed by atoms with van der Waals surface area (Å²) in [5.41, 5.74) is -0.762. The molecule has 0 spiro atoms. The van der Waals surface area contributed by atoms with Crippen LogP contribution in [-0.4, -0.2) is 17.0 Å². The van der Waals surface area contributed by atoms with E-state index in [4.69, 9.17) is 28.5 Å². The van der Waals surface area contributed by atoms with E-state index in [1.54, 1.807) is 24.3 Å². The van der Waals surface area contributed by atoms with Crippen LogP contribution in [0.3, 0.4) is 0 Å². The first-order valence-corrected chi connectivity index (χ1v) is 11.4. The first-order chi connectivity index (χ1) is 15.2. The highest BCUT2D eigenvalue weighted by Crippen LogP contribution is 2.19.